The maximum atomic E-state index is 11.1. The van der Waals surface area contributed by atoms with Crippen molar-refractivity contribution in [3.63, 3.8) is 0 Å². The van der Waals surface area contributed by atoms with Crippen LogP contribution in [0.25, 0.3) is 0 Å². The van der Waals surface area contributed by atoms with Crippen LogP contribution in [0.4, 0.5) is 17.1 Å². The molecule has 0 unspecified atom stereocenters. The lowest BCUT2D eigenvalue weighted by Gasteiger charge is -2.06. The Bertz CT molecular complexity index is 883. The van der Waals surface area contributed by atoms with Gasteiger partial charge in [-0.1, -0.05) is 0 Å². The third kappa shape index (κ3) is 5.48. The average Bonchev–Trinajstić information content (AvgIpc) is 3.08. The fourth-order valence-corrected chi connectivity index (χ4v) is 1.63. The summed E-state index contributed by atoms with van der Waals surface area (Å²) < 4.78 is 0. The molecule has 2 rings (SSSR count). The Morgan fingerprint density at radius 1 is 1.00 bits per heavy atom. The van der Waals surface area contributed by atoms with Crippen LogP contribution in [0.5, 0.6) is 5.75 Å². The van der Waals surface area contributed by atoms with E-state index in [4.69, 9.17) is 11.5 Å². The van der Waals surface area contributed by atoms with E-state index in [-0.39, 0.29) is 11.9 Å². The summed E-state index contributed by atoms with van der Waals surface area (Å²) in [5, 5.41) is 42.1. The molecule has 0 aliphatic carbocycles. The van der Waals surface area contributed by atoms with E-state index in [1.807, 2.05) is 0 Å². The van der Waals surface area contributed by atoms with Crippen molar-refractivity contribution in [1.82, 2.24) is 4.98 Å². The number of nitro groups is 3. The number of benzene rings is 1. The number of aromatic amines is 1. The van der Waals surface area contributed by atoms with Gasteiger partial charge in [-0.2, -0.15) is 0 Å². The second-order valence-electron chi connectivity index (χ2n) is 4.58. The fourth-order valence-electron chi connectivity index (χ4n) is 1.63. The molecule has 1 amide bonds. The van der Waals surface area contributed by atoms with E-state index in [0.29, 0.717) is 17.8 Å². The first-order chi connectivity index (χ1) is 12.5. The van der Waals surface area contributed by atoms with E-state index in [9.17, 15) is 40.2 Å². The molecule has 27 heavy (non-hydrogen) atoms. The van der Waals surface area contributed by atoms with Crippen molar-refractivity contribution in [2.24, 2.45) is 11.5 Å². The normalized spacial score (nSPS) is 9.48. The maximum absolute atomic E-state index is 11.1. The first-order valence-electron chi connectivity index (χ1n) is 6.65. The standard InChI is InChI=1S/C6H8N4O.C6H3N3O7/c7-6(8)10-5(11)4-2-1-3-9-4;10-6-4(8(13)14)1-3(7(11)12)2-5(6)9(15)16/h1-3,9H,(H4,7,8,10,11);1-2,10H. The number of carbonyl (C=O) groups excluding carboxylic acids is 1. The highest BCUT2D eigenvalue weighted by Gasteiger charge is 2.24. The number of hydrogen-bond acceptors (Lipinski definition) is 8. The van der Waals surface area contributed by atoms with Gasteiger partial charge in [0.05, 0.1) is 32.7 Å². The zero-order valence-corrected chi connectivity index (χ0v) is 13.1. The predicted octanol–water partition coefficient (Wildman–Crippen LogP) is -2.01. The van der Waals surface area contributed by atoms with Gasteiger partial charge in [0.15, 0.2) is 0 Å². The minimum atomic E-state index is -1.46. The Morgan fingerprint density at radius 2 is 1.52 bits per heavy atom. The summed E-state index contributed by atoms with van der Waals surface area (Å²) in [5.41, 5.74) is 7.26. The molecule has 0 saturated carbocycles. The number of nitro benzene ring substituents is 3. The first-order valence-corrected chi connectivity index (χ1v) is 6.65. The number of amides is 1. The summed E-state index contributed by atoms with van der Waals surface area (Å²) in [4.78, 5) is 43.5. The molecule has 15 nitrogen and oxygen atoms in total. The summed E-state index contributed by atoms with van der Waals surface area (Å²) in [7, 11) is 0. The van der Waals surface area contributed by atoms with E-state index in [2.05, 4.69) is 9.98 Å². The number of rotatable bonds is 4. The molecule has 142 valence electrons. The van der Waals surface area contributed by atoms with Crippen molar-refractivity contribution in [2.75, 3.05) is 0 Å². The summed E-state index contributed by atoms with van der Waals surface area (Å²) in [6, 6.07) is 4.10. The lowest BCUT2D eigenvalue weighted by Crippen LogP contribution is -2.81. The van der Waals surface area contributed by atoms with Gasteiger partial charge >= 0.3 is 11.9 Å². The minimum absolute atomic E-state index is 0.107. The summed E-state index contributed by atoms with van der Waals surface area (Å²) >= 11 is 0. The molecule has 2 aromatic rings. The molecule has 0 radical (unpaired) electrons. The average molecular weight is 381 g/mol. The maximum Gasteiger partial charge on any atom is 0.346 e. The number of nitrogens with two attached hydrogens (primary N) is 2. The molecule has 0 spiro atoms. The Morgan fingerprint density at radius 3 is 1.85 bits per heavy atom. The van der Waals surface area contributed by atoms with Gasteiger partial charge in [-0.15, -0.1) is 0 Å². The van der Waals surface area contributed by atoms with E-state index in [0.717, 1.165) is 0 Å². The highest BCUT2D eigenvalue weighted by molar-refractivity contribution is 5.88. The Labute approximate surface area is 148 Å². The second-order valence-corrected chi connectivity index (χ2v) is 4.58. The first kappa shape index (κ1) is 20.5. The van der Waals surface area contributed by atoms with Crippen LogP contribution in [0.3, 0.4) is 0 Å². The van der Waals surface area contributed by atoms with Crippen LogP contribution in [0, 0.1) is 30.3 Å². The molecule has 0 aliphatic rings. The van der Waals surface area contributed by atoms with Gasteiger partial charge in [-0.05, 0) is 12.1 Å². The van der Waals surface area contributed by atoms with Gasteiger partial charge in [0.1, 0.15) is 5.69 Å². The smallest absolute Gasteiger partial charge is 0.346 e. The number of H-pyrrole nitrogens is 1. The van der Waals surface area contributed by atoms with Crippen LogP contribution in [-0.2, 0) is 0 Å². The molecular weight excluding hydrogens is 370 g/mol. The second kappa shape index (κ2) is 8.51. The predicted molar refractivity (Wildman–Crippen MR) is 85.3 cm³/mol. The SMILES string of the molecule is NC(N)=[NH+]C(=O)c1ccc[nH]1.O=[N+]([O-])c1cc([N+](=O)[O-])c([O-])c([N+](=O)[O-])c1. The van der Waals surface area contributed by atoms with Gasteiger partial charge in [-0.25, -0.2) is 9.79 Å². The zero-order chi connectivity index (χ0) is 20.7. The molecule has 1 heterocycles. The number of guanidine groups is 1. The summed E-state index contributed by atoms with van der Waals surface area (Å²) in [5.74, 6) is -1.90. The molecule has 15 heteroatoms. The number of non-ortho nitro benzene ring substituents is 1. The van der Waals surface area contributed by atoms with E-state index in [1.165, 1.54) is 0 Å². The van der Waals surface area contributed by atoms with Gasteiger partial charge in [-0.3, -0.25) is 41.8 Å². The Hall–Kier alpha value is -4.56. The molecule has 0 bridgehead atoms. The highest BCUT2D eigenvalue weighted by Crippen LogP contribution is 2.36. The number of nitrogens with one attached hydrogen (secondary N) is 2. The van der Waals surface area contributed by atoms with E-state index in [1.54, 1.807) is 18.3 Å². The molecule has 0 atom stereocenters. The number of hydrogen-bond donors (Lipinski definition) is 4. The van der Waals surface area contributed by atoms with Crippen molar-refractivity contribution < 1.29 is 29.7 Å². The van der Waals surface area contributed by atoms with Gasteiger partial charge in [0.2, 0.25) is 0 Å². The molecule has 1 aromatic carbocycles. The van der Waals surface area contributed by atoms with Crippen LogP contribution in [0.15, 0.2) is 30.5 Å². The Balaban J connectivity index is 0.000000289. The minimum Gasteiger partial charge on any atom is -0.863 e. The van der Waals surface area contributed by atoms with Crippen molar-refractivity contribution in [2.45, 2.75) is 0 Å². The van der Waals surface area contributed by atoms with Crippen LogP contribution in [-0.4, -0.2) is 31.6 Å². The van der Waals surface area contributed by atoms with Crippen molar-refractivity contribution >= 4 is 28.9 Å². The van der Waals surface area contributed by atoms with Crippen molar-refractivity contribution in [3.8, 4) is 5.75 Å². The number of carbonyl (C=O) groups is 1. The molecule has 6 N–H and O–H groups in total. The topological polar surface area (TPSA) is 251 Å². The number of aromatic nitrogens is 1. The molecule has 0 fully saturated rings. The molecule has 0 aliphatic heterocycles. The quantitative estimate of drug-likeness (QED) is 0.196. The van der Waals surface area contributed by atoms with Crippen LogP contribution in [0.1, 0.15) is 10.5 Å². The largest absolute Gasteiger partial charge is 0.863 e. The molecule has 0 saturated heterocycles. The van der Waals surface area contributed by atoms with Gasteiger partial charge in [0, 0.05) is 6.20 Å². The fraction of sp³-hybridized carbons (Fsp3) is 0. The lowest BCUT2D eigenvalue weighted by molar-refractivity contribution is -0.420. The third-order valence-corrected chi connectivity index (χ3v) is 2.74. The lowest BCUT2D eigenvalue weighted by atomic mass is 10.2. The van der Waals surface area contributed by atoms with Crippen LogP contribution >= 0.6 is 0 Å². The molecule has 1 aromatic heterocycles. The third-order valence-electron chi connectivity index (χ3n) is 2.74. The van der Waals surface area contributed by atoms with Crippen molar-refractivity contribution in [1.29, 1.82) is 0 Å². The van der Waals surface area contributed by atoms with Crippen LogP contribution in [0.2, 0.25) is 0 Å². The van der Waals surface area contributed by atoms with Gasteiger partial charge < -0.3 is 10.1 Å². The zero-order valence-electron chi connectivity index (χ0n) is 13.1. The highest BCUT2D eigenvalue weighted by atomic mass is 16.6. The van der Waals surface area contributed by atoms with E-state index < -0.39 is 37.6 Å². The summed E-state index contributed by atoms with van der Waals surface area (Å²) in [6.45, 7) is 0. The Kier molecular flexibility index (Phi) is 6.46. The van der Waals surface area contributed by atoms with Crippen molar-refractivity contribution in [3.05, 3.63) is 66.5 Å². The van der Waals surface area contributed by atoms with E-state index >= 15 is 0 Å². The number of nitrogens with zero attached hydrogens (tertiary/aromatic N) is 3. The summed E-state index contributed by atoms with van der Waals surface area (Å²) in [6.07, 6.45) is 1.64. The van der Waals surface area contributed by atoms with Crippen LogP contribution < -0.4 is 21.6 Å². The molecular formula is C12H11N7O8. The van der Waals surface area contributed by atoms with Gasteiger partial charge in [0.25, 0.3) is 17.1 Å². The monoisotopic (exact) mass is 381 g/mol.